The number of hydrogen-bond acceptors (Lipinski definition) is 8. The molecule has 4 rings (SSSR count). The van der Waals surface area contributed by atoms with E-state index in [0.29, 0.717) is 11.4 Å². The van der Waals surface area contributed by atoms with E-state index in [9.17, 15) is 18.8 Å². The molecule has 3 heterocycles. The van der Waals surface area contributed by atoms with Crippen LogP contribution < -0.4 is 5.32 Å². The number of pyridine rings is 1. The number of esters is 2. The predicted octanol–water partition coefficient (Wildman–Crippen LogP) is 3.83. The van der Waals surface area contributed by atoms with Gasteiger partial charge in [0.2, 0.25) is 5.60 Å². The van der Waals surface area contributed by atoms with Gasteiger partial charge in [0.1, 0.15) is 11.8 Å². The molecule has 1 amide bonds. The summed E-state index contributed by atoms with van der Waals surface area (Å²) in [6.45, 7) is 7.76. The Bertz CT molecular complexity index is 1250. The highest BCUT2D eigenvalue weighted by molar-refractivity contribution is 6.11. The number of rotatable bonds is 7. The third-order valence-corrected chi connectivity index (χ3v) is 6.65. The molecule has 198 valence electrons. The van der Waals surface area contributed by atoms with Gasteiger partial charge in [-0.25, -0.2) is 4.39 Å². The van der Waals surface area contributed by atoms with E-state index < -0.39 is 47.4 Å². The van der Waals surface area contributed by atoms with Crippen LogP contribution in [0.5, 0.6) is 0 Å². The highest BCUT2D eigenvalue weighted by Gasteiger charge is 2.57. The first kappa shape index (κ1) is 26.5. The number of oxime groups is 1. The summed E-state index contributed by atoms with van der Waals surface area (Å²) in [6, 6.07) is 8.32. The fourth-order valence-corrected chi connectivity index (χ4v) is 4.59. The summed E-state index contributed by atoms with van der Waals surface area (Å²) in [4.78, 5) is 48.6. The molecular weight excluding hydrogens is 481 g/mol. The highest BCUT2D eigenvalue weighted by atomic mass is 19.1. The van der Waals surface area contributed by atoms with Crippen molar-refractivity contribution in [3.63, 3.8) is 0 Å². The van der Waals surface area contributed by atoms with Gasteiger partial charge in [0, 0.05) is 23.9 Å². The SMILES string of the molecule is CC(C)[C@@]1(C(=O)NC2CC(=O)OC2(CF)OC(=O)CC(C)(C)C)CC(c2nccc3ccccc23)=NO1. The van der Waals surface area contributed by atoms with Crippen molar-refractivity contribution >= 4 is 34.3 Å². The average molecular weight is 514 g/mol. The maximum absolute atomic E-state index is 14.3. The van der Waals surface area contributed by atoms with Gasteiger partial charge in [-0.15, -0.1) is 0 Å². The Hall–Kier alpha value is -3.56. The van der Waals surface area contributed by atoms with Crippen LogP contribution in [-0.4, -0.2) is 52.6 Å². The molecule has 1 fully saturated rings. The van der Waals surface area contributed by atoms with Crippen molar-refractivity contribution in [1.29, 1.82) is 0 Å². The van der Waals surface area contributed by atoms with Gasteiger partial charge in [0.25, 0.3) is 5.91 Å². The number of benzene rings is 1. The van der Waals surface area contributed by atoms with Gasteiger partial charge in [-0.3, -0.25) is 19.4 Å². The lowest BCUT2D eigenvalue weighted by molar-refractivity contribution is -0.227. The summed E-state index contributed by atoms with van der Waals surface area (Å²) < 4.78 is 24.8. The second-order valence-corrected chi connectivity index (χ2v) is 11.1. The summed E-state index contributed by atoms with van der Waals surface area (Å²) in [7, 11) is 0. The molecule has 1 aromatic carbocycles. The van der Waals surface area contributed by atoms with Crippen LogP contribution in [0.3, 0.4) is 0 Å². The monoisotopic (exact) mass is 513 g/mol. The van der Waals surface area contributed by atoms with E-state index in [4.69, 9.17) is 14.3 Å². The van der Waals surface area contributed by atoms with Crippen molar-refractivity contribution < 1.29 is 33.1 Å². The smallest absolute Gasteiger partial charge is 0.311 e. The third kappa shape index (κ3) is 5.14. The number of carbonyl (C=O) groups excluding carboxylic acids is 3. The molecule has 0 bridgehead atoms. The number of hydrogen-bond donors (Lipinski definition) is 1. The number of amides is 1. The Morgan fingerprint density at radius 3 is 2.65 bits per heavy atom. The second kappa shape index (κ2) is 9.72. The number of carbonyl (C=O) groups is 3. The molecule has 3 atom stereocenters. The number of nitrogens with one attached hydrogen (secondary N) is 1. The number of halogens is 1. The van der Waals surface area contributed by atoms with Crippen LogP contribution in [0.2, 0.25) is 0 Å². The Kier molecular flexibility index (Phi) is 6.96. The zero-order chi connectivity index (χ0) is 27.0. The molecule has 0 spiro atoms. The Balaban J connectivity index is 1.57. The number of cyclic esters (lactones) is 1. The fourth-order valence-electron chi connectivity index (χ4n) is 4.59. The van der Waals surface area contributed by atoms with E-state index in [1.807, 2.05) is 51.1 Å². The van der Waals surface area contributed by atoms with Crippen LogP contribution in [-0.2, 0) is 28.7 Å². The maximum Gasteiger partial charge on any atom is 0.311 e. The lowest BCUT2D eigenvalue weighted by atomic mass is 9.83. The molecule has 1 N–H and O–H groups in total. The lowest BCUT2D eigenvalue weighted by Gasteiger charge is -2.35. The number of ether oxygens (including phenoxy) is 2. The molecule has 0 radical (unpaired) electrons. The van der Waals surface area contributed by atoms with E-state index in [1.54, 1.807) is 20.0 Å². The van der Waals surface area contributed by atoms with E-state index in [0.717, 1.165) is 10.8 Å². The molecule has 37 heavy (non-hydrogen) atoms. The van der Waals surface area contributed by atoms with Crippen molar-refractivity contribution in [3.05, 3.63) is 42.2 Å². The summed E-state index contributed by atoms with van der Waals surface area (Å²) in [6.07, 6.45) is 1.39. The molecule has 2 aromatic rings. The van der Waals surface area contributed by atoms with E-state index in [2.05, 4.69) is 15.5 Å². The second-order valence-electron chi connectivity index (χ2n) is 11.1. The van der Waals surface area contributed by atoms with Crippen LogP contribution in [0, 0.1) is 11.3 Å². The average Bonchev–Trinajstić information content (AvgIpc) is 3.40. The van der Waals surface area contributed by atoms with E-state index in [1.165, 1.54) is 0 Å². The van der Waals surface area contributed by atoms with Gasteiger partial charge in [0.15, 0.2) is 6.67 Å². The van der Waals surface area contributed by atoms with Gasteiger partial charge < -0.3 is 19.6 Å². The van der Waals surface area contributed by atoms with Crippen LogP contribution in [0.25, 0.3) is 10.8 Å². The van der Waals surface area contributed by atoms with Crippen molar-refractivity contribution in [1.82, 2.24) is 10.3 Å². The number of nitrogens with zero attached hydrogens (tertiary/aromatic N) is 2. The standard InChI is InChI=1S/C27H32FN3O6/c1-16(2)26(13-19(31-37-26)23-18-9-7-6-8-17(18)10-11-29-23)24(34)30-20-12-21(32)35-27(20,15-28)36-22(33)14-25(3,4)5/h6-11,16,20H,12-15H2,1-5H3,(H,30,34)/t20?,26-,27?/m1/s1. The predicted molar refractivity (Wildman–Crippen MR) is 133 cm³/mol. The van der Waals surface area contributed by atoms with Crippen LogP contribution in [0.15, 0.2) is 41.7 Å². The molecule has 2 unspecified atom stereocenters. The molecule has 2 aliphatic rings. The Morgan fingerprint density at radius 1 is 1.24 bits per heavy atom. The van der Waals surface area contributed by atoms with Gasteiger partial charge in [-0.2, -0.15) is 0 Å². The first-order valence-corrected chi connectivity index (χ1v) is 12.3. The van der Waals surface area contributed by atoms with Gasteiger partial charge >= 0.3 is 17.7 Å². The van der Waals surface area contributed by atoms with Crippen molar-refractivity contribution in [3.8, 4) is 0 Å². The third-order valence-electron chi connectivity index (χ3n) is 6.65. The van der Waals surface area contributed by atoms with Crippen LogP contribution in [0.1, 0.15) is 59.6 Å². The van der Waals surface area contributed by atoms with Gasteiger partial charge in [-0.05, 0) is 16.9 Å². The highest BCUT2D eigenvalue weighted by Crippen LogP contribution is 2.37. The molecule has 1 aromatic heterocycles. The number of fused-ring (bicyclic) bond motifs is 1. The molecule has 1 saturated heterocycles. The van der Waals surface area contributed by atoms with Gasteiger partial charge in [-0.1, -0.05) is 64.0 Å². The lowest BCUT2D eigenvalue weighted by Crippen LogP contribution is -2.60. The van der Waals surface area contributed by atoms with Crippen LogP contribution >= 0.6 is 0 Å². The first-order valence-electron chi connectivity index (χ1n) is 12.3. The first-order chi connectivity index (χ1) is 17.4. The Labute approximate surface area is 214 Å². The molecule has 0 aliphatic carbocycles. The largest absolute Gasteiger partial charge is 0.417 e. The molecule has 10 heteroatoms. The van der Waals surface area contributed by atoms with Gasteiger partial charge in [0.05, 0.1) is 18.5 Å². The summed E-state index contributed by atoms with van der Waals surface area (Å²) >= 11 is 0. The molecule has 9 nitrogen and oxygen atoms in total. The van der Waals surface area contributed by atoms with E-state index in [-0.39, 0.29) is 25.2 Å². The molecule has 0 saturated carbocycles. The minimum Gasteiger partial charge on any atom is -0.417 e. The Morgan fingerprint density at radius 2 is 1.97 bits per heavy atom. The number of aromatic nitrogens is 1. The summed E-state index contributed by atoms with van der Waals surface area (Å²) in [5.74, 6) is -4.73. The maximum atomic E-state index is 14.3. The van der Waals surface area contributed by atoms with Crippen molar-refractivity contribution in [2.75, 3.05) is 6.67 Å². The zero-order valence-corrected chi connectivity index (χ0v) is 21.7. The number of alkyl halides is 1. The topological polar surface area (TPSA) is 116 Å². The molecular formula is C27H32FN3O6. The zero-order valence-electron chi connectivity index (χ0n) is 21.7. The summed E-state index contributed by atoms with van der Waals surface area (Å²) in [5, 5.41) is 8.73. The van der Waals surface area contributed by atoms with Crippen molar-refractivity contribution in [2.24, 2.45) is 16.5 Å². The van der Waals surface area contributed by atoms with Crippen molar-refractivity contribution in [2.45, 2.75) is 71.3 Å². The molecule has 2 aliphatic heterocycles. The normalized spacial score (nSPS) is 25.5. The summed E-state index contributed by atoms with van der Waals surface area (Å²) in [5.41, 5.74) is -0.787. The van der Waals surface area contributed by atoms with Crippen LogP contribution in [0.4, 0.5) is 4.39 Å². The quantitative estimate of drug-likeness (QED) is 0.560. The van der Waals surface area contributed by atoms with E-state index >= 15 is 0 Å². The minimum absolute atomic E-state index is 0.0265. The minimum atomic E-state index is -2.24. The fraction of sp³-hybridized carbons (Fsp3) is 0.519.